The van der Waals surface area contributed by atoms with Gasteiger partial charge in [-0.3, -0.25) is 4.68 Å². The summed E-state index contributed by atoms with van der Waals surface area (Å²) in [6, 6.07) is 2.10. The van der Waals surface area contributed by atoms with E-state index in [9.17, 15) is 0 Å². The Kier molecular flexibility index (Phi) is 3.30. The van der Waals surface area contributed by atoms with Gasteiger partial charge in [-0.15, -0.1) is 0 Å². The van der Waals surface area contributed by atoms with Crippen molar-refractivity contribution in [2.24, 2.45) is 12.5 Å². The van der Waals surface area contributed by atoms with Crippen molar-refractivity contribution in [1.82, 2.24) is 15.1 Å². The Morgan fingerprint density at radius 3 is 3.00 bits per heavy atom. The average molecular weight is 223 g/mol. The molecule has 2 unspecified atom stereocenters. The lowest BCUT2D eigenvalue weighted by Crippen LogP contribution is -2.40. The summed E-state index contributed by atoms with van der Waals surface area (Å²) in [5.41, 5.74) is 1.37. The van der Waals surface area contributed by atoms with Crippen LogP contribution in [0, 0.1) is 5.41 Å². The van der Waals surface area contributed by atoms with Crippen molar-refractivity contribution in [3.8, 4) is 0 Å². The Morgan fingerprint density at radius 1 is 1.69 bits per heavy atom. The standard InChI is InChI=1S/C12H21N3O/c1-10-12(9-13-2,5-7-16-10)8-11-4-6-15(3)14-11/h4,6,10,13H,5,7-9H2,1-3H3. The second-order valence-corrected chi connectivity index (χ2v) is 4.81. The number of hydrogen-bond acceptors (Lipinski definition) is 3. The van der Waals surface area contributed by atoms with E-state index in [1.807, 2.05) is 25.0 Å². The van der Waals surface area contributed by atoms with E-state index in [1.165, 1.54) is 0 Å². The molecule has 90 valence electrons. The summed E-state index contributed by atoms with van der Waals surface area (Å²) < 4.78 is 7.59. The topological polar surface area (TPSA) is 39.1 Å². The van der Waals surface area contributed by atoms with Crippen LogP contribution in [0.1, 0.15) is 19.0 Å². The number of aryl methyl sites for hydroxylation is 1. The SMILES string of the molecule is CNCC1(Cc2ccn(C)n2)CCOC1C. The van der Waals surface area contributed by atoms with Gasteiger partial charge in [-0.2, -0.15) is 5.10 Å². The fraction of sp³-hybridized carbons (Fsp3) is 0.750. The largest absolute Gasteiger partial charge is 0.378 e. The van der Waals surface area contributed by atoms with Crippen LogP contribution in [-0.2, 0) is 18.2 Å². The number of ether oxygens (including phenoxy) is 1. The maximum absolute atomic E-state index is 5.73. The predicted molar refractivity (Wildman–Crippen MR) is 63.3 cm³/mol. The second-order valence-electron chi connectivity index (χ2n) is 4.81. The summed E-state index contributed by atoms with van der Waals surface area (Å²) in [6.07, 6.45) is 4.42. The van der Waals surface area contributed by atoms with E-state index in [0.717, 1.165) is 31.7 Å². The lowest BCUT2D eigenvalue weighted by atomic mass is 9.77. The molecule has 0 spiro atoms. The number of rotatable bonds is 4. The quantitative estimate of drug-likeness (QED) is 0.827. The molecule has 2 rings (SSSR count). The zero-order valence-electron chi connectivity index (χ0n) is 10.4. The van der Waals surface area contributed by atoms with E-state index in [-0.39, 0.29) is 5.41 Å². The van der Waals surface area contributed by atoms with E-state index in [2.05, 4.69) is 23.4 Å². The van der Waals surface area contributed by atoms with Gasteiger partial charge < -0.3 is 10.1 Å². The molecule has 1 fully saturated rings. The minimum absolute atomic E-state index is 0.211. The number of hydrogen-bond donors (Lipinski definition) is 1. The third kappa shape index (κ3) is 2.13. The van der Waals surface area contributed by atoms with Crippen molar-refractivity contribution >= 4 is 0 Å². The molecule has 1 aromatic rings. The van der Waals surface area contributed by atoms with Crippen LogP contribution in [-0.4, -0.2) is 36.1 Å². The van der Waals surface area contributed by atoms with Crippen LogP contribution in [0.4, 0.5) is 0 Å². The Balaban J connectivity index is 2.14. The molecule has 0 amide bonds. The zero-order chi connectivity index (χ0) is 11.6. The first-order chi connectivity index (χ1) is 7.66. The van der Waals surface area contributed by atoms with Crippen molar-refractivity contribution in [3.05, 3.63) is 18.0 Å². The highest BCUT2D eigenvalue weighted by Crippen LogP contribution is 2.37. The first kappa shape index (κ1) is 11.6. The lowest BCUT2D eigenvalue weighted by molar-refractivity contribution is 0.0634. The van der Waals surface area contributed by atoms with Gasteiger partial charge in [0, 0.05) is 38.2 Å². The van der Waals surface area contributed by atoms with E-state index in [1.54, 1.807) is 0 Å². The van der Waals surface area contributed by atoms with Crippen molar-refractivity contribution in [3.63, 3.8) is 0 Å². The van der Waals surface area contributed by atoms with Gasteiger partial charge in [-0.1, -0.05) is 0 Å². The average Bonchev–Trinajstić information content (AvgIpc) is 2.77. The maximum atomic E-state index is 5.73. The summed E-state index contributed by atoms with van der Waals surface area (Å²) in [6.45, 7) is 4.04. The number of aromatic nitrogens is 2. The van der Waals surface area contributed by atoms with Gasteiger partial charge in [0.2, 0.25) is 0 Å². The van der Waals surface area contributed by atoms with Gasteiger partial charge in [-0.05, 0) is 26.5 Å². The highest BCUT2D eigenvalue weighted by molar-refractivity contribution is 5.06. The molecule has 1 saturated heterocycles. The summed E-state index contributed by atoms with van der Waals surface area (Å²) >= 11 is 0. The van der Waals surface area contributed by atoms with Gasteiger partial charge in [-0.25, -0.2) is 0 Å². The zero-order valence-corrected chi connectivity index (χ0v) is 10.4. The van der Waals surface area contributed by atoms with Crippen molar-refractivity contribution in [2.75, 3.05) is 20.2 Å². The molecule has 1 aromatic heterocycles. The van der Waals surface area contributed by atoms with E-state index in [4.69, 9.17) is 4.74 Å². The molecule has 0 aliphatic carbocycles. The molecule has 0 radical (unpaired) electrons. The van der Waals surface area contributed by atoms with E-state index < -0.39 is 0 Å². The molecule has 2 heterocycles. The van der Waals surface area contributed by atoms with Crippen LogP contribution in [0.2, 0.25) is 0 Å². The van der Waals surface area contributed by atoms with E-state index in [0.29, 0.717) is 6.10 Å². The molecular weight excluding hydrogens is 202 g/mol. The molecule has 0 bridgehead atoms. The molecule has 2 atom stereocenters. The van der Waals surface area contributed by atoms with Crippen LogP contribution >= 0.6 is 0 Å². The van der Waals surface area contributed by atoms with Gasteiger partial charge in [0.05, 0.1) is 11.8 Å². The normalized spacial score (nSPS) is 29.8. The highest BCUT2D eigenvalue weighted by Gasteiger charge is 2.41. The Hall–Kier alpha value is -0.870. The molecule has 16 heavy (non-hydrogen) atoms. The minimum Gasteiger partial charge on any atom is -0.378 e. The molecule has 0 saturated carbocycles. The fourth-order valence-electron chi connectivity index (χ4n) is 2.62. The number of nitrogens with one attached hydrogen (secondary N) is 1. The highest BCUT2D eigenvalue weighted by atomic mass is 16.5. The van der Waals surface area contributed by atoms with Gasteiger partial charge in [0.25, 0.3) is 0 Å². The van der Waals surface area contributed by atoms with Crippen molar-refractivity contribution in [1.29, 1.82) is 0 Å². The summed E-state index contributed by atoms with van der Waals surface area (Å²) in [4.78, 5) is 0. The molecule has 0 aromatic carbocycles. The predicted octanol–water partition coefficient (Wildman–Crippen LogP) is 0.977. The lowest BCUT2D eigenvalue weighted by Gasteiger charge is -2.31. The molecule has 4 nitrogen and oxygen atoms in total. The Labute approximate surface area is 97.0 Å². The molecule has 4 heteroatoms. The maximum Gasteiger partial charge on any atom is 0.0631 e. The smallest absolute Gasteiger partial charge is 0.0631 e. The van der Waals surface area contributed by atoms with Gasteiger partial charge in [0.1, 0.15) is 0 Å². The fourth-order valence-corrected chi connectivity index (χ4v) is 2.62. The van der Waals surface area contributed by atoms with Crippen LogP contribution in [0.3, 0.4) is 0 Å². The van der Waals surface area contributed by atoms with Gasteiger partial charge >= 0.3 is 0 Å². The first-order valence-electron chi connectivity index (χ1n) is 5.91. The van der Waals surface area contributed by atoms with E-state index >= 15 is 0 Å². The summed E-state index contributed by atoms with van der Waals surface area (Å²) in [5.74, 6) is 0. The Bertz CT molecular complexity index is 350. The van der Waals surface area contributed by atoms with Crippen molar-refractivity contribution < 1.29 is 4.74 Å². The monoisotopic (exact) mass is 223 g/mol. The molecule has 1 N–H and O–H groups in total. The minimum atomic E-state index is 0.211. The van der Waals surface area contributed by atoms with Gasteiger partial charge in [0.15, 0.2) is 0 Å². The first-order valence-corrected chi connectivity index (χ1v) is 5.91. The van der Waals surface area contributed by atoms with Crippen LogP contribution in [0.15, 0.2) is 12.3 Å². The summed E-state index contributed by atoms with van der Waals surface area (Å²) in [5, 5.41) is 7.76. The third-order valence-corrected chi connectivity index (χ3v) is 3.66. The second kappa shape index (κ2) is 4.55. The molecular formula is C12H21N3O. The van der Waals surface area contributed by atoms with Crippen LogP contribution in [0.25, 0.3) is 0 Å². The third-order valence-electron chi connectivity index (χ3n) is 3.66. The summed E-state index contributed by atoms with van der Waals surface area (Å²) in [7, 11) is 3.97. The molecule has 1 aliphatic rings. The van der Waals surface area contributed by atoms with Crippen molar-refractivity contribution in [2.45, 2.75) is 25.9 Å². The molecule has 1 aliphatic heterocycles. The Morgan fingerprint density at radius 2 is 2.50 bits per heavy atom. The van der Waals surface area contributed by atoms with Crippen LogP contribution in [0.5, 0.6) is 0 Å². The number of nitrogens with zero attached hydrogens (tertiary/aromatic N) is 2. The van der Waals surface area contributed by atoms with Crippen LogP contribution < -0.4 is 5.32 Å².